The third kappa shape index (κ3) is 3.85. The quantitative estimate of drug-likeness (QED) is 0.757. The summed E-state index contributed by atoms with van der Waals surface area (Å²) in [5.74, 6) is 1.15. The smallest absolute Gasteiger partial charge is 0.158 e. The minimum atomic E-state index is 0.302. The van der Waals surface area contributed by atoms with Crippen LogP contribution >= 0.6 is 0 Å². The zero-order valence-electron chi connectivity index (χ0n) is 12.6. The number of Topliss-reactive ketones (excluding diaryl/α,β-unsaturated/α-hetero) is 1. The van der Waals surface area contributed by atoms with E-state index in [4.69, 9.17) is 4.74 Å². The molecule has 0 spiro atoms. The number of carbonyl (C=O) groups is 1. The normalized spacial score (nSPS) is 16.7. The summed E-state index contributed by atoms with van der Waals surface area (Å²) in [4.78, 5) is 11.8. The van der Waals surface area contributed by atoms with Crippen LogP contribution in [0.2, 0.25) is 0 Å². The van der Waals surface area contributed by atoms with Crippen LogP contribution in [0.4, 0.5) is 0 Å². The van der Waals surface area contributed by atoms with Gasteiger partial charge in [0, 0.05) is 6.42 Å². The maximum atomic E-state index is 11.8. The van der Waals surface area contributed by atoms with Gasteiger partial charge in [-0.3, -0.25) is 4.79 Å². The van der Waals surface area contributed by atoms with E-state index in [1.807, 2.05) is 60.7 Å². The van der Waals surface area contributed by atoms with Gasteiger partial charge in [0.15, 0.2) is 5.78 Å². The van der Waals surface area contributed by atoms with Crippen LogP contribution < -0.4 is 4.74 Å². The fourth-order valence-corrected chi connectivity index (χ4v) is 2.66. The predicted octanol–water partition coefficient (Wildman–Crippen LogP) is 4.79. The predicted molar refractivity (Wildman–Crippen MR) is 88.7 cm³/mol. The average molecular weight is 292 g/mol. The first kappa shape index (κ1) is 14.6. The summed E-state index contributed by atoms with van der Waals surface area (Å²) >= 11 is 0. The Morgan fingerprint density at radius 2 is 1.64 bits per heavy atom. The van der Waals surface area contributed by atoms with Crippen LogP contribution in [0.15, 0.2) is 60.2 Å². The molecule has 0 N–H and O–H groups in total. The monoisotopic (exact) mass is 292 g/mol. The number of hydrogen-bond donors (Lipinski definition) is 0. The molecule has 3 rings (SSSR count). The molecule has 0 atom stereocenters. The Bertz CT molecular complexity index is 654. The number of allylic oxidation sites excluding steroid dienone is 1. The molecule has 1 fully saturated rings. The van der Waals surface area contributed by atoms with Crippen molar-refractivity contribution in [2.45, 2.75) is 32.3 Å². The van der Waals surface area contributed by atoms with Crippen molar-refractivity contribution in [1.29, 1.82) is 0 Å². The van der Waals surface area contributed by atoms with E-state index >= 15 is 0 Å². The van der Waals surface area contributed by atoms with Crippen molar-refractivity contribution in [1.82, 2.24) is 0 Å². The van der Waals surface area contributed by atoms with Crippen LogP contribution in [0.1, 0.15) is 36.8 Å². The first-order valence-electron chi connectivity index (χ1n) is 7.82. The van der Waals surface area contributed by atoms with Crippen molar-refractivity contribution >= 4 is 11.9 Å². The summed E-state index contributed by atoms with van der Waals surface area (Å²) in [7, 11) is 0. The topological polar surface area (TPSA) is 26.3 Å². The van der Waals surface area contributed by atoms with Crippen molar-refractivity contribution in [3.8, 4) is 5.75 Å². The lowest BCUT2D eigenvalue weighted by atomic mass is 9.92. The van der Waals surface area contributed by atoms with Gasteiger partial charge in [-0.2, -0.15) is 0 Å². The van der Waals surface area contributed by atoms with Gasteiger partial charge in [-0.05, 0) is 54.2 Å². The highest BCUT2D eigenvalue weighted by atomic mass is 16.5. The first-order chi connectivity index (χ1) is 10.8. The maximum Gasteiger partial charge on any atom is 0.158 e. The molecule has 1 aliphatic carbocycles. The summed E-state index contributed by atoms with van der Waals surface area (Å²) < 4.78 is 5.77. The summed E-state index contributed by atoms with van der Waals surface area (Å²) in [5, 5.41) is 0. The molecular weight excluding hydrogens is 272 g/mol. The van der Waals surface area contributed by atoms with Crippen LogP contribution in [0, 0.1) is 0 Å². The number of ketones is 1. The minimum absolute atomic E-state index is 0.302. The number of rotatable bonds is 4. The maximum absolute atomic E-state index is 11.8. The SMILES string of the molecule is O=C1CCCCC1=Cc1ccc(OCc2ccccc2)cc1. The van der Waals surface area contributed by atoms with Gasteiger partial charge < -0.3 is 4.74 Å². The summed E-state index contributed by atoms with van der Waals surface area (Å²) in [5.41, 5.74) is 3.18. The standard InChI is InChI=1S/C20H20O2/c21-20-9-5-4-8-18(20)14-16-10-12-19(13-11-16)22-15-17-6-2-1-3-7-17/h1-3,6-7,10-14H,4-5,8-9,15H2. The molecule has 2 heteroatoms. The third-order valence-corrected chi connectivity index (χ3v) is 3.93. The highest BCUT2D eigenvalue weighted by Crippen LogP contribution is 2.23. The van der Waals surface area contributed by atoms with Gasteiger partial charge in [-0.15, -0.1) is 0 Å². The zero-order valence-corrected chi connectivity index (χ0v) is 12.6. The van der Waals surface area contributed by atoms with E-state index in [0.29, 0.717) is 18.8 Å². The van der Waals surface area contributed by atoms with Gasteiger partial charge in [0.1, 0.15) is 12.4 Å². The molecule has 1 saturated carbocycles. The zero-order chi connectivity index (χ0) is 15.2. The van der Waals surface area contributed by atoms with Crippen LogP contribution in [0.5, 0.6) is 5.75 Å². The fraction of sp³-hybridized carbons (Fsp3) is 0.250. The van der Waals surface area contributed by atoms with E-state index in [-0.39, 0.29) is 0 Å². The molecule has 2 aromatic carbocycles. The van der Waals surface area contributed by atoms with E-state index in [1.54, 1.807) is 0 Å². The molecule has 2 nitrogen and oxygen atoms in total. The molecule has 0 saturated heterocycles. The van der Waals surface area contributed by atoms with Gasteiger partial charge >= 0.3 is 0 Å². The van der Waals surface area contributed by atoms with E-state index < -0.39 is 0 Å². The highest BCUT2D eigenvalue weighted by molar-refractivity contribution is 6.00. The Balaban J connectivity index is 1.63. The molecule has 0 unspecified atom stereocenters. The number of hydrogen-bond acceptors (Lipinski definition) is 2. The van der Waals surface area contributed by atoms with Crippen molar-refractivity contribution in [3.05, 3.63) is 71.3 Å². The van der Waals surface area contributed by atoms with E-state index in [0.717, 1.165) is 41.7 Å². The molecule has 0 radical (unpaired) electrons. The lowest BCUT2D eigenvalue weighted by Gasteiger charge is -2.12. The van der Waals surface area contributed by atoms with E-state index in [2.05, 4.69) is 0 Å². The Morgan fingerprint density at radius 3 is 2.36 bits per heavy atom. The van der Waals surface area contributed by atoms with E-state index in [9.17, 15) is 4.79 Å². The van der Waals surface area contributed by atoms with Gasteiger partial charge in [0.25, 0.3) is 0 Å². The summed E-state index contributed by atoms with van der Waals surface area (Å²) in [6, 6.07) is 18.1. The van der Waals surface area contributed by atoms with Crippen molar-refractivity contribution in [2.24, 2.45) is 0 Å². The summed E-state index contributed by atoms with van der Waals surface area (Å²) in [6.45, 7) is 0.569. The van der Waals surface area contributed by atoms with Crippen molar-refractivity contribution in [2.75, 3.05) is 0 Å². The molecule has 2 aromatic rings. The first-order valence-corrected chi connectivity index (χ1v) is 7.82. The molecule has 0 aliphatic heterocycles. The van der Waals surface area contributed by atoms with Gasteiger partial charge in [-0.25, -0.2) is 0 Å². The molecule has 112 valence electrons. The molecule has 22 heavy (non-hydrogen) atoms. The summed E-state index contributed by atoms with van der Waals surface area (Å²) in [6.07, 6.45) is 5.77. The second-order valence-electron chi connectivity index (χ2n) is 5.64. The fourth-order valence-electron chi connectivity index (χ4n) is 2.66. The lowest BCUT2D eigenvalue weighted by molar-refractivity contribution is -0.116. The van der Waals surface area contributed by atoms with Crippen molar-refractivity contribution < 1.29 is 9.53 Å². The van der Waals surface area contributed by atoms with Gasteiger partial charge in [-0.1, -0.05) is 42.5 Å². The van der Waals surface area contributed by atoms with Crippen LogP contribution in [-0.2, 0) is 11.4 Å². The van der Waals surface area contributed by atoms with Crippen LogP contribution in [0.3, 0.4) is 0 Å². The van der Waals surface area contributed by atoms with Crippen molar-refractivity contribution in [3.63, 3.8) is 0 Å². The van der Waals surface area contributed by atoms with Crippen LogP contribution in [0.25, 0.3) is 6.08 Å². The lowest BCUT2D eigenvalue weighted by Crippen LogP contribution is -2.07. The molecule has 0 bridgehead atoms. The molecule has 1 aliphatic rings. The average Bonchev–Trinajstić information content (AvgIpc) is 2.57. The number of benzene rings is 2. The molecule has 0 amide bonds. The number of carbonyl (C=O) groups excluding carboxylic acids is 1. The largest absolute Gasteiger partial charge is 0.489 e. The number of ether oxygens (including phenoxy) is 1. The van der Waals surface area contributed by atoms with Crippen LogP contribution in [-0.4, -0.2) is 5.78 Å². The third-order valence-electron chi connectivity index (χ3n) is 3.93. The van der Waals surface area contributed by atoms with Gasteiger partial charge in [0.05, 0.1) is 0 Å². The second kappa shape index (κ2) is 7.08. The Kier molecular flexibility index (Phi) is 4.69. The second-order valence-corrected chi connectivity index (χ2v) is 5.64. The molecule has 0 aromatic heterocycles. The molecular formula is C20H20O2. The Hall–Kier alpha value is -2.35. The van der Waals surface area contributed by atoms with Gasteiger partial charge in [0.2, 0.25) is 0 Å². The highest BCUT2D eigenvalue weighted by Gasteiger charge is 2.14. The molecule has 0 heterocycles. The minimum Gasteiger partial charge on any atom is -0.489 e. The Labute approximate surface area is 131 Å². The van der Waals surface area contributed by atoms with E-state index in [1.165, 1.54) is 0 Å². The Morgan fingerprint density at radius 1 is 0.909 bits per heavy atom.